The Morgan fingerprint density at radius 3 is 2.91 bits per heavy atom. The van der Waals surface area contributed by atoms with Crippen molar-refractivity contribution in [1.29, 1.82) is 0 Å². The number of hydrogen-bond acceptors (Lipinski definition) is 2. The summed E-state index contributed by atoms with van der Waals surface area (Å²) in [7, 11) is 0. The second kappa shape index (κ2) is 6.86. The van der Waals surface area contributed by atoms with Gasteiger partial charge < -0.3 is 10.7 Å². The van der Waals surface area contributed by atoms with Crippen LogP contribution in [0.5, 0.6) is 0 Å². The number of halogens is 1. The van der Waals surface area contributed by atoms with Crippen molar-refractivity contribution in [2.75, 3.05) is 26.2 Å². The molecule has 0 bridgehead atoms. The Labute approximate surface area is 137 Å². The Kier molecular flexibility index (Phi) is 4.87. The molecule has 1 aliphatic rings. The van der Waals surface area contributed by atoms with Crippen molar-refractivity contribution in [3.63, 3.8) is 0 Å². The van der Waals surface area contributed by atoms with Crippen LogP contribution in [0, 0.1) is 6.92 Å². The molecular formula is C18H24ClN3. The summed E-state index contributed by atoms with van der Waals surface area (Å²) in [6.45, 7) is 6.26. The summed E-state index contributed by atoms with van der Waals surface area (Å²) in [6, 6.07) is 6.08. The maximum Gasteiger partial charge on any atom is 0.0463 e. The van der Waals surface area contributed by atoms with E-state index >= 15 is 0 Å². The fraction of sp³-hybridized carbons (Fsp3) is 0.444. The van der Waals surface area contributed by atoms with Gasteiger partial charge in [-0.3, -0.25) is 4.90 Å². The molecule has 118 valence electrons. The van der Waals surface area contributed by atoms with E-state index < -0.39 is 0 Å². The highest BCUT2D eigenvalue weighted by Crippen LogP contribution is 2.33. The molecule has 0 spiro atoms. The highest BCUT2D eigenvalue weighted by molar-refractivity contribution is 6.31. The van der Waals surface area contributed by atoms with Crippen LogP contribution in [0.4, 0.5) is 0 Å². The summed E-state index contributed by atoms with van der Waals surface area (Å²) in [5, 5.41) is 2.04. The monoisotopic (exact) mass is 317 g/mol. The van der Waals surface area contributed by atoms with Crippen molar-refractivity contribution in [1.82, 2.24) is 9.88 Å². The van der Waals surface area contributed by atoms with Crippen LogP contribution in [-0.4, -0.2) is 36.1 Å². The molecule has 0 saturated heterocycles. The molecule has 3 nitrogen and oxygen atoms in total. The lowest BCUT2D eigenvalue weighted by Crippen LogP contribution is -2.29. The zero-order chi connectivity index (χ0) is 15.5. The zero-order valence-electron chi connectivity index (χ0n) is 13.2. The summed E-state index contributed by atoms with van der Waals surface area (Å²) in [6.07, 6.45) is 5.79. The topological polar surface area (TPSA) is 45.0 Å². The van der Waals surface area contributed by atoms with Crippen LogP contribution in [0.25, 0.3) is 16.5 Å². The molecule has 1 aromatic carbocycles. The second-order valence-corrected chi connectivity index (χ2v) is 6.53. The van der Waals surface area contributed by atoms with Crippen molar-refractivity contribution in [2.45, 2.75) is 26.2 Å². The third-order valence-electron chi connectivity index (χ3n) is 4.49. The quantitative estimate of drug-likeness (QED) is 0.820. The Bertz CT molecular complexity index is 687. The highest BCUT2D eigenvalue weighted by Gasteiger charge is 2.17. The number of aromatic amines is 1. The standard InChI is InChI=1S/C18H24ClN3/c1-13-18(16-12-15(19)4-5-17(16)21-13)14-6-10-22(11-7-14)9-3-2-8-20/h4-6,12,21H,2-3,7-11,20H2,1H3. The van der Waals surface area contributed by atoms with Crippen LogP contribution in [0.3, 0.4) is 0 Å². The van der Waals surface area contributed by atoms with Crippen molar-refractivity contribution < 1.29 is 0 Å². The number of unbranched alkanes of at least 4 members (excludes halogenated alkanes) is 1. The van der Waals surface area contributed by atoms with Gasteiger partial charge >= 0.3 is 0 Å². The summed E-state index contributed by atoms with van der Waals surface area (Å²) in [5.41, 5.74) is 10.8. The lowest BCUT2D eigenvalue weighted by molar-refractivity contribution is 0.296. The molecule has 4 heteroatoms. The van der Waals surface area contributed by atoms with Crippen LogP contribution in [0.2, 0.25) is 5.02 Å². The van der Waals surface area contributed by atoms with Gasteiger partial charge in [-0.2, -0.15) is 0 Å². The summed E-state index contributed by atoms with van der Waals surface area (Å²) < 4.78 is 0. The Balaban J connectivity index is 1.80. The fourth-order valence-electron chi connectivity index (χ4n) is 3.33. The SMILES string of the molecule is Cc1[nH]c2ccc(Cl)cc2c1C1=CCN(CCCCN)CC1. The largest absolute Gasteiger partial charge is 0.358 e. The average Bonchev–Trinajstić information content (AvgIpc) is 2.84. The van der Waals surface area contributed by atoms with Gasteiger partial charge in [0.25, 0.3) is 0 Å². The molecule has 3 N–H and O–H groups in total. The molecule has 2 aromatic rings. The number of aromatic nitrogens is 1. The molecule has 0 fully saturated rings. The number of nitrogens with one attached hydrogen (secondary N) is 1. The van der Waals surface area contributed by atoms with E-state index in [2.05, 4.69) is 35.0 Å². The Morgan fingerprint density at radius 2 is 2.18 bits per heavy atom. The number of H-pyrrole nitrogens is 1. The first-order chi connectivity index (χ1) is 10.7. The average molecular weight is 318 g/mol. The fourth-order valence-corrected chi connectivity index (χ4v) is 3.51. The van der Waals surface area contributed by atoms with Crippen LogP contribution < -0.4 is 5.73 Å². The maximum atomic E-state index is 6.18. The van der Waals surface area contributed by atoms with Gasteiger partial charge in [-0.1, -0.05) is 17.7 Å². The summed E-state index contributed by atoms with van der Waals surface area (Å²) >= 11 is 6.18. The van der Waals surface area contributed by atoms with Gasteiger partial charge in [0.05, 0.1) is 0 Å². The van der Waals surface area contributed by atoms with E-state index in [0.29, 0.717) is 0 Å². The Morgan fingerprint density at radius 1 is 1.32 bits per heavy atom. The van der Waals surface area contributed by atoms with Gasteiger partial charge in [0, 0.05) is 40.3 Å². The van der Waals surface area contributed by atoms with Crippen LogP contribution in [0.1, 0.15) is 30.5 Å². The first-order valence-electron chi connectivity index (χ1n) is 8.08. The molecule has 1 aliphatic heterocycles. The molecular weight excluding hydrogens is 294 g/mol. The predicted molar refractivity (Wildman–Crippen MR) is 95.4 cm³/mol. The van der Waals surface area contributed by atoms with E-state index in [4.69, 9.17) is 17.3 Å². The van der Waals surface area contributed by atoms with Gasteiger partial charge in [-0.15, -0.1) is 0 Å². The summed E-state index contributed by atoms with van der Waals surface area (Å²) in [5.74, 6) is 0. The zero-order valence-corrected chi connectivity index (χ0v) is 13.9. The minimum Gasteiger partial charge on any atom is -0.358 e. The smallest absolute Gasteiger partial charge is 0.0463 e. The first-order valence-corrected chi connectivity index (χ1v) is 8.46. The maximum absolute atomic E-state index is 6.18. The number of fused-ring (bicyclic) bond motifs is 1. The molecule has 0 unspecified atom stereocenters. The third kappa shape index (κ3) is 3.22. The molecule has 22 heavy (non-hydrogen) atoms. The van der Waals surface area contributed by atoms with Crippen molar-refractivity contribution in [3.8, 4) is 0 Å². The highest BCUT2D eigenvalue weighted by atomic mass is 35.5. The minimum absolute atomic E-state index is 0.796. The molecule has 0 saturated carbocycles. The Hall–Kier alpha value is -1.29. The van der Waals surface area contributed by atoms with E-state index in [1.54, 1.807) is 0 Å². The molecule has 0 amide bonds. The number of rotatable bonds is 5. The number of benzene rings is 1. The van der Waals surface area contributed by atoms with Gasteiger partial charge in [-0.25, -0.2) is 0 Å². The molecule has 1 aromatic heterocycles. The minimum atomic E-state index is 0.796. The van der Waals surface area contributed by atoms with Crippen molar-refractivity contribution in [2.24, 2.45) is 5.73 Å². The van der Waals surface area contributed by atoms with Gasteiger partial charge in [0.2, 0.25) is 0 Å². The van der Waals surface area contributed by atoms with Gasteiger partial charge in [0.1, 0.15) is 0 Å². The molecule has 0 atom stereocenters. The molecule has 3 rings (SSSR count). The lowest BCUT2D eigenvalue weighted by Gasteiger charge is -2.26. The number of nitrogens with zero attached hydrogens (tertiary/aromatic N) is 1. The summed E-state index contributed by atoms with van der Waals surface area (Å²) in [4.78, 5) is 5.99. The van der Waals surface area contributed by atoms with Gasteiger partial charge in [0.15, 0.2) is 0 Å². The number of hydrogen-bond donors (Lipinski definition) is 2. The van der Waals surface area contributed by atoms with Crippen molar-refractivity contribution >= 4 is 28.1 Å². The van der Waals surface area contributed by atoms with Crippen LogP contribution >= 0.6 is 11.6 Å². The van der Waals surface area contributed by atoms with Crippen LogP contribution in [-0.2, 0) is 0 Å². The molecule has 2 heterocycles. The number of aryl methyl sites for hydroxylation is 1. The lowest BCUT2D eigenvalue weighted by atomic mass is 9.96. The second-order valence-electron chi connectivity index (χ2n) is 6.09. The van der Waals surface area contributed by atoms with E-state index in [9.17, 15) is 0 Å². The van der Waals surface area contributed by atoms with Gasteiger partial charge in [-0.05, 0) is 63.0 Å². The van der Waals surface area contributed by atoms with Crippen LogP contribution in [0.15, 0.2) is 24.3 Å². The van der Waals surface area contributed by atoms with E-state index in [1.165, 1.54) is 34.2 Å². The normalized spacial score (nSPS) is 16.2. The number of nitrogens with two attached hydrogens (primary N) is 1. The predicted octanol–water partition coefficient (Wildman–Crippen LogP) is 3.96. The van der Waals surface area contributed by atoms with E-state index in [-0.39, 0.29) is 0 Å². The first kappa shape index (κ1) is 15.6. The molecule has 0 aliphatic carbocycles. The molecule has 0 radical (unpaired) electrons. The third-order valence-corrected chi connectivity index (χ3v) is 4.73. The van der Waals surface area contributed by atoms with E-state index in [1.807, 2.05) is 6.07 Å². The van der Waals surface area contributed by atoms with Crippen molar-refractivity contribution in [3.05, 3.63) is 40.6 Å². The van der Waals surface area contributed by atoms with E-state index in [0.717, 1.165) is 44.0 Å².